The van der Waals surface area contributed by atoms with E-state index in [-0.39, 0.29) is 1.43 Å². The Morgan fingerprint density at radius 3 is 1.40 bits per heavy atom. The van der Waals surface area contributed by atoms with Gasteiger partial charge in [-0.2, -0.15) is 14.0 Å². The second kappa shape index (κ2) is 1.08. The number of hydrogen-bond acceptors (Lipinski definition) is 4. The summed E-state index contributed by atoms with van der Waals surface area (Å²) in [4.78, 5) is 0. The van der Waals surface area contributed by atoms with Crippen molar-refractivity contribution in [3.63, 3.8) is 0 Å². The molecule has 4 nitrogen and oxygen atoms in total. The molecule has 5 heavy (non-hydrogen) atoms. The van der Waals surface area contributed by atoms with Crippen LogP contribution in [0.2, 0.25) is 0 Å². The Morgan fingerprint density at radius 1 is 1.40 bits per heavy atom. The molecule has 0 fully saturated rings. The lowest BCUT2D eigenvalue weighted by atomic mass is 15.8. The van der Waals surface area contributed by atoms with Crippen molar-refractivity contribution in [2.24, 2.45) is 0 Å². The molecule has 0 aromatic rings. The van der Waals surface area contributed by atoms with Crippen molar-refractivity contribution in [2.75, 3.05) is 0 Å². The first-order valence-electron chi connectivity index (χ1n) is 0.632. The van der Waals surface area contributed by atoms with Gasteiger partial charge in [0.2, 0.25) is 0 Å². The van der Waals surface area contributed by atoms with Crippen molar-refractivity contribution in [1.82, 2.24) is 0 Å². The fourth-order valence-electron chi connectivity index (χ4n) is 0. The fraction of sp³-hybridized carbons (Fsp3) is 0. The lowest BCUT2D eigenvalue weighted by molar-refractivity contribution is -1.92. The van der Waals surface area contributed by atoms with Gasteiger partial charge in [0.25, 0.3) is 0 Å². The Bertz CT molecular complexity index is 23.0. The molecule has 0 atom stereocenters. The van der Waals surface area contributed by atoms with Crippen LogP contribution < -0.4 is 14.0 Å². The maximum atomic E-state index is 8.60. The molecule has 0 bridgehead atoms. The van der Waals surface area contributed by atoms with Crippen LogP contribution in [0.5, 0.6) is 0 Å². The SMILES string of the molecule is [H+].[O-][Cl+3]([O-])([O-])O. The van der Waals surface area contributed by atoms with Gasteiger partial charge in [-0.15, -0.1) is 0 Å². The number of halogens is 1. The van der Waals surface area contributed by atoms with Gasteiger partial charge in [0.15, 0.2) is 0 Å². The van der Waals surface area contributed by atoms with Crippen LogP contribution in [0.3, 0.4) is 0 Å². The van der Waals surface area contributed by atoms with Crippen molar-refractivity contribution in [1.29, 1.82) is 0 Å². The van der Waals surface area contributed by atoms with E-state index in [2.05, 4.69) is 0 Å². The largest absolute Gasteiger partial charge is 1.00 e. The fourth-order valence-corrected chi connectivity index (χ4v) is 0. The zero-order chi connectivity index (χ0) is 4.50. The van der Waals surface area contributed by atoms with Crippen LogP contribution in [0.4, 0.5) is 0 Å². The van der Waals surface area contributed by atoms with Gasteiger partial charge in [-0.25, -0.2) is 0 Å². The Labute approximate surface area is 31.5 Å². The number of rotatable bonds is 0. The van der Waals surface area contributed by atoms with E-state index in [9.17, 15) is 0 Å². The third-order valence-electron chi connectivity index (χ3n) is 0. The standard InChI is InChI=1S/ClHO4/c2-1(3,4)5/h(H,2,3,4,5)/p+1. The highest BCUT2D eigenvalue weighted by atomic mass is 35.7. The van der Waals surface area contributed by atoms with Gasteiger partial charge >= 0.3 is 1.43 Å². The van der Waals surface area contributed by atoms with Crippen LogP contribution in [-0.2, 0) is 0 Å². The molecule has 0 aromatic heterocycles. The summed E-state index contributed by atoms with van der Waals surface area (Å²) in [7, 11) is -4.69. The molecule has 0 rings (SSSR count). The van der Waals surface area contributed by atoms with E-state index in [4.69, 9.17) is 18.6 Å². The van der Waals surface area contributed by atoms with E-state index in [0.717, 1.165) is 0 Å². The van der Waals surface area contributed by atoms with Gasteiger partial charge in [-0.05, 0) is 0 Å². The van der Waals surface area contributed by atoms with E-state index in [0.29, 0.717) is 0 Å². The quantitative estimate of drug-likeness (QED) is 0.337. The van der Waals surface area contributed by atoms with Crippen LogP contribution in [0.1, 0.15) is 1.43 Å². The Morgan fingerprint density at radius 2 is 1.40 bits per heavy atom. The molecule has 0 heterocycles. The molecule has 0 spiro atoms. The van der Waals surface area contributed by atoms with Gasteiger partial charge in [0.05, 0.1) is 14.9 Å². The predicted molar refractivity (Wildman–Crippen MR) is 3.33 cm³/mol. The summed E-state index contributed by atoms with van der Waals surface area (Å²) in [6, 6.07) is 0. The third-order valence-corrected chi connectivity index (χ3v) is 0. The topological polar surface area (TPSA) is 89.4 Å². The Kier molecular flexibility index (Phi) is 1.10. The summed E-state index contributed by atoms with van der Waals surface area (Å²) in [5.74, 6) is 0. The Balaban J connectivity index is 0. The molecule has 0 unspecified atom stereocenters. The van der Waals surface area contributed by atoms with Crippen molar-refractivity contribution in [3.05, 3.63) is 0 Å². The van der Waals surface area contributed by atoms with Crippen molar-refractivity contribution < 1.29 is 30.3 Å². The number of hydrogen-bond donors (Lipinski definition) is 1. The monoisotopic (exact) mass is 101 g/mol. The lowest BCUT2D eigenvalue weighted by Gasteiger charge is -2.03. The van der Waals surface area contributed by atoms with Gasteiger partial charge < -0.3 is 0 Å². The molecule has 5 heteroatoms. The minimum atomic E-state index is -4.69. The summed E-state index contributed by atoms with van der Waals surface area (Å²) < 4.78 is 32.7. The summed E-state index contributed by atoms with van der Waals surface area (Å²) >= 11 is 0. The average Bonchev–Trinajstić information content (AvgIpc) is 0.722. The molecule has 0 aliphatic carbocycles. The highest BCUT2D eigenvalue weighted by molar-refractivity contribution is 2.15. The summed E-state index contributed by atoms with van der Waals surface area (Å²) in [5.41, 5.74) is 0. The maximum Gasteiger partial charge on any atom is 1.00 e. The van der Waals surface area contributed by atoms with Gasteiger partial charge in [0.1, 0.15) is 0 Å². The molecule has 0 saturated heterocycles. The third kappa shape index (κ3) is 1110. The second-order valence-electron chi connectivity index (χ2n) is 0.396. The molecule has 0 aliphatic rings. The van der Waals surface area contributed by atoms with E-state index in [1.807, 2.05) is 0 Å². The molecule has 0 amide bonds. The van der Waals surface area contributed by atoms with E-state index >= 15 is 0 Å². The van der Waals surface area contributed by atoms with Gasteiger partial charge in [-0.1, -0.05) is 0 Å². The minimum Gasteiger partial charge on any atom is -0.183 e. The minimum absolute atomic E-state index is 0. The van der Waals surface area contributed by atoms with E-state index < -0.39 is 10.2 Å². The average molecular weight is 101 g/mol. The maximum absolute atomic E-state index is 8.60. The molecule has 1 N–H and O–H groups in total. The van der Waals surface area contributed by atoms with Gasteiger partial charge in [-0.3, -0.25) is 0 Å². The normalized spacial score (nSPS) is 12.0. The van der Waals surface area contributed by atoms with Crippen molar-refractivity contribution in [2.45, 2.75) is 0 Å². The summed E-state index contributed by atoms with van der Waals surface area (Å²) in [5, 5.41) is 0. The smallest absolute Gasteiger partial charge is 0.183 e. The first-order chi connectivity index (χ1) is 2.00. The first-order valence-corrected chi connectivity index (χ1v) is 1.90. The lowest BCUT2D eigenvalue weighted by Crippen LogP contribution is -2.58. The van der Waals surface area contributed by atoms with Crippen LogP contribution in [0.25, 0.3) is 0 Å². The summed E-state index contributed by atoms with van der Waals surface area (Å²) in [6.07, 6.45) is 0. The zero-order valence-electron chi connectivity index (χ0n) is 3.05. The molecule has 0 saturated carbocycles. The van der Waals surface area contributed by atoms with Crippen LogP contribution in [0.15, 0.2) is 0 Å². The highest BCUT2D eigenvalue weighted by Crippen LogP contribution is 1.60. The first kappa shape index (κ1) is 5.13. The van der Waals surface area contributed by atoms with E-state index in [1.165, 1.54) is 0 Å². The van der Waals surface area contributed by atoms with Crippen LogP contribution in [-0.4, -0.2) is 4.66 Å². The highest BCUT2D eigenvalue weighted by Gasteiger charge is 1.98. The van der Waals surface area contributed by atoms with Crippen LogP contribution in [0, 0.1) is 10.2 Å². The molecular formula is H2ClO4+. The second-order valence-corrected chi connectivity index (χ2v) is 1.19. The molecule has 0 radical (unpaired) electrons. The molecular weight excluding hydrogens is 99.4 g/mol. The molecule has 32 valence electrons. The van der Waals surface area contributed by atoms with E-state index in [1.54, 1.807) is 0 Å². The molecule has 0 aliphatic heterocycles. The van der Waals surface area contributed by atoms with Crippen LogP contribution >= 0.6 is 0 Å². The Hall–Kier alpha value is 0.130. The zero-order valence-corrected chi connectivity index (χ0v) is 2.81. The van der Waals surface area contributed by atoms with Crippen molar-refractivity contribution >= 4 is 0 Å². The van der Waals surface area contributed by atoms with Gasteiger partial charge in [0, 0.05) is 0 Å². The predicted octanol–water partition coefficient (Wildman–Crippen LogP) is -4.01. The van der Waals surface area contributed by atoms with Crippen molar-refractivity contribution in [3.8, 4) is 0 Å². The molecule has 0 aromatic carbocycles. The summed E-state index contributed by atoms with van der Waals surface area (Å²) in [6.45, 7) is 0.